The van der Waals surface area contributed by atoms with Crippen LogP contribution in [0.2, 0.25) is 0 Å². The van der Waals surface area contributed by atoms with E-state index in [-0.39, 0.29) is 11.9 Å². The minimum Gasteiger partial charge on any atom is -0.378 e. The highest BCUT2D eigenvalue weighted by Gasteiger charge is 2.17. The number of anilines is 2. The molecule has 2 atom stereocenters. The van der Waals surface area contributed by atoms with Crippen LogP contribution in [0.4, 0.5) is 16.2 Å². The zero-order chi connectivity index (χ0) is 18.2. The highest BCUT2D eigenvalue weighted by atomic mass is 16.5. The van der Waals surface area contributed by atoms with Crippen molar-refractivity contribution >= 4 is 23.3 Å². The number of amides is 3. The second kappa shape index (κ2) is 9.27. The van der Waals surface area contributed by atoms with Crippen LogP contribution in [0.15, 0.2) is 24.3 Å². The summed E-state index contributed by atoms with van der Waals surface area (Å²) in [4.78, 5) is 26.3. The van der Waals surface area contributed by atoms with Gasteiger partial charge in [0.05, 0.1) is 13.2 Å². The third-order valence-corrected chi connectivity index (χ3v) is 4.22. The Kier molecular flexibility index (Phi) is 7.06. The minimum atomic E-state index is -0.601. The molecule has 7 nitrogen and oxygen atoms in total. The zero-order valence-electron chi connectivity index (χ0n) is 15.2. The number of carbonyl (C=O) groups excluding carboxylic acids is 2. The van der Waals surface area contributed by atoms with E-state index in [1.54, 1.807) is 6.92 Å². The van der Waals surface area contributed by atoms with Gasteiger partial charge in [-0.3, -0.25) is 4.79 Å². The summed E-state index contributed by atoms with van der Waals surface area (Å²) in [6, 6.07) is 6.76. The van der Waals surface area contributed by atoms with Crippen molar-refractivity contribution in [1.82, 2.24) is 10.6 Å². The Morgan fingerprint density at radius 2 is 1.92 bits per heavy atom. The first-order chi connectivity index (χ1) is 12.0. The second-order valence-electron chi connectivity index (χ2n) is 6.29. The molecule has 1 heterocycles. The van der Waals surface area contributed by atoms with Gasteiger partial charge in [-0.15, -0.1) is 0 Å². The van der Waals surface area contributed by atoms with E-state index in [4.69, 9.17) is 4.74 Å². The number of carbonyl (C=O) groups is 2. The van der Waals surface area contributed by atoms with E-state index in [1.807, 2.05) is 38.1 Å². The highest BCUT2D eigenvalue weighted by molar-refractivity contribution is 5.93. The lowest BCUT2D eigenvalue weighted by atomic mass is 10.2. The molecule has 138 valence electrons. The summed E-state index contributed by atoms with van der Waals surface area (Å²) in [5.74, 6) is -0.188. The van der Waals surface area contributed by atoms with Crippen LogP contribution in [0.5, 0.6) is 0 Å². The molecule has 2 rings (SSSR count). The van der Waals surface area contributed by atoms with E-state index < -0.39 is 12.1 Å². The molecule has 0 spiro atoms. The van der Waals surface area contributed by atoms with E-state index in [0.29, 0.717) is 18.9 Å². The summed E-state index contributed by atoms with van der Waals surface area (Å²) in [5.41, 5.74) is 1.74. The van der Waals surface area contributed by atoms with Crippen LogP contribution in [0.1, 0.15) is 27.2 Å². The van der Waals surface area contributed by atoms with Gasteiger partial charge in [0, 0.05) is 30.5 Å². The van der Waals surface area contributed by atoms with Gasteiger partial charge in [0.2, 0.25) is 5.91 Å². The fourth-order valence-electron chi connectivity index (χ4n) is 2.50. The van der Waals surface area contributed by atoms with Crippen LogP contribution < -0.4 is 20.9 Å². The van der Waals surface area contributed by atoms with Crippen molar-refractivity contribution in [2.24, 2.45) is 0 Å². The lowest BCUT2D eigenvalue weighted by molar-refractivity contribution is -0.123. The van der Waals surface area contributed by atoms with Gasteiger partial charge in [-0.25, -0.2) is 4.79 Å². The maximum absolute atomic E-state index is 12.1. The summed E-state index contributed by atoms with van der Waals surface area (Å²) in [5, 5.41) is 8.30. The van der Waals surface area contributed by atoms with Gasteiger partial charge in [-0.2, -0.15) is 0 Å². The largest absolute Gasteiger partial charge is 0.378 e. The molecule has 1 aliphatic heterocycles. The van der Waals surface area contributed by atoms with Crippen LogP contribution in [-0.4, -0.2) is 50.3 Å². The SMILES string of the molecule is CC[C@@H](C)NC(=O)[C@H](C)NC(=O)Nc1cccc(N2CCOCC2)c1. The standard InChI is InChI=1S/C18H28N4O3/c1-4-13(2)19-17(23)14(3)20-18(24)21-15-6-5-7-16(12-15)22-8-10-25-11-9-22/h5-7,12-14H,4,8-11H2,1-3H3,(H,19,23)(H2,20,21,24)/t13-,14+/m1/s1. The lowest BCUT2D eigenvalue weighted by Gasteiger charge is -2.29. The topological polar surface area (TPSA) is 82.7 Å². The molecular weight excluding hydrogens is 320 g/mol. The fourth-order valence-corrected chi connectivity index (χ4v) is 2.50. The molecule has 0 saturated carbocycles. The van der Waals surface area contributed by atoms with Gasteiger partial charge in [-0.1, -0.05) is 13.0 Å². The average molecular weight is 348 g/mol. The molecule has 3 amide bonds. The van der Waals surface area contributed by atoms with E-state index in [2.05, 4.69) is 20.9 Å². The Balaban J connectivity index is 1.88. The van der Waals surface area contributed by atoms with Crippen LogP contribution in [-0.2, 0) is 9.53 Å². The van der Waals surface area contributed by atoms with Gasteiger partial charge < -0.3 is 25.6 Å². The van der Waals surface area contributed by atoms with Crippen LogP contribution in [0, 0.1) is 0 Å². The molecule has 0 unspecified atom stereocenters. The molecule has 1 fully saturated rings. The summed E-state index contributed by atoms with van der Waals surface area (Å²) >= 11 is 0. The molecule has 1 aromatic rings. The first kappa shape index (κ1) is 19.1. The average Bonchev–Trinajstić information content (AvgIpc) is 2.62. The molecule has 25 heavy (non-hydrogen) atoms. The number of nitrogens with one attached hydrogen (secondary N) is 3. The predicted molar refractivity (Wildman–Crippen MR) is 99.0 cm³/mol. The summed E-state index contributed by atoms with van der Waals surface area (Å²) in [7, 11) is 0. The molecular formula is C18H28N4O3. The van der Waals surface area contributed by atoms with Crippen LogP contribution in [0.3, 0.4) is 0 Å². The van der Waals surface area contributed by atoms with E-state index >= 15 is 0 Å². The molecule has 0 aliphatic carbocycles. The molecule has 0 radical (unpaired) electrons. The maximum Gasteiger partial charge on any atom is 0.319 e. The van der Waals surface area contributed by atoms with Crippen LogP contribution in [0.25, 0.3) is 0 Å². The molecule has 1 aliphatic rings. The smallest absolute Gasteiger partial charge is 0.319 e. The number of urea groups is 1. The third-order valence-electron chi connectivity index (χ3n) is 4.22. The molecule has 7 heteroatoms. The Bertz CT molecular complexity index is 587. The highest BCUT2D eigenvalue weighted by Crippen LogP contribution is 2.20. The number of nitrogens with zero attached hydrogens (tertiary/aromatic N) is 1. The third kappa shape index (κ3) is 5.94. The monoisotopic (exact) mass is 348 g/mol. The molecule has 3 N–H and O–H groups in total. The second-order valence-corrected chi connectivity index (χ2v) is 6.29. The summed E-state index contributed by atoms with van der Waals surface area (Å²) < 4.78 is 5.36. The number of ether oxygens (including phenoxy) is 1. The van der Waals surface area contributed by atoms with Crippen LogP contribution >= 0.6 is 0 Å². The van der Waals surface area contributed by atoms with E-state index in [0.717, 1.165) is 25.2 Å². The Labute approximate surface area is 149 Å². The Hall–Kier alpha value is -2.28. The van der Waals surface area contributed by atoms with Gasteiger partial charge >= 0.3 is 6.03 Å². The fraction of sp³-hybridized carbons (Fsp3) is 0.556. The van der Waals surface area contributed by atoms with Gasteiger partial charge in [0.25, 0.3) is 0 Å². The molecule has 1 saturated heterocycles. The number of benzene rings is 1. The predicted octanol–water partition coefficient (Wildman–Crippen LogP) is 1.95. The van der Waals surface area contributed by atoms with Crippen molar-refractivity contribution in [2.75, 3.05) is 36.5 Å². The van der Waals surface area contributed by atoms with Gasteiger partial charge in [-0.05, 0) is 38.5 Å². The van der Waals surface area contributed by atoms with Gasteiger partial charge in [0.15, 0.2) is 0 Å². The quantitative estimate of drug-likeness (QED) is 0.734. The van der Waals surface area contributed by atoms with Crippen molar-refractivity contribution in [1.29, 1.82) is 0 Å². The van der Waals surface area contributed by atoms with Crippen molar-refractivity contribution < 1.29 is 14.3 Å². The Morgan fingerprint density at radius 3 is 2.60 bits per heavy atom. The minimum absolute atomic E-state index is 0.0880. The zero-order valence-corrected chi connectivity index (χ0v) is 15.2. The first-order valence-corrected chi connectivity index (χ1v) is 8.80. The maximum atomic E-state index is 12.1. The van der Waals surface area contributed by atoms with E-state index in [1.165, 1.54) is 0 Å². The Morgan fingerprint density at radius 1 is 1.20 bits per heavy atom. The summed E-state index contributed by atoms with van der Waals surface area (Å²) in [6.07, 6.45) is 0.846. The first-order valence-electron chi connectivity index (χ1n) is 8.80. The number of hydrogen-bond donors (Lipinski definition) is 3. The molecule has 0 bridgehead atoms. The van der Waals surface area contributed by atoms with E-state index in [9.17, 15) is 9.59 Å². The normalized spacial score (nSPS) is 16.7. The number of rotatable bonds is 6. The number of hydrogen-bond acceptors (Lipinski definition) is 4. The molecule has 0 aromatic heterocycles. The van der Waals surface area contributed by atoms with Crippen molar-refractivity contribution in [3.63, 3.8) is 0 Å². The van der Waals surface area contributed by atoms with Crippen molar-refractivity contribution in [3.8, 4) is 0 Å². The van der Waals surface area contributed by atoms with Gasteiger partial charge in [0.1, 0.15) is 6.04 Å². The lowest BCUT2D eigenvalue weighted by Crippen LogP contribution is -2.48. The van der Waals surface area contributed by atoms with Crippen molar-refractivity contribution in [2.45, 2.75) is 39.3 Å². The van der Waals surface area contributed by atoms with Crippen molar-refractivity contribution in [3.05, 3.63) is 24.3 Å². The molecule has 1 aromatic carbocycles. The number of morpholine rings is 1. The summed E-state index contributed by atoms with van der Waals surface area (Å²) in [6.45, 7) is 8.69.